The lowest BCUT2D eigenvalue weighted by Crippen LogP contribution is -2.33. The Labute approximate surface area is 226 Å². The number of anilines is 3. The highest BCUT2D eigenvalue weighted by atomic mass is 19.1. The quantitative estimate of drug-likeness (QED) is 0.317. The smallest absolute Gasteiger partial charge is 0.414 e. The first-order chi connectivity index (χ1) is 19.2. The van der Waals surface area contributed by atoms with Gasteiger partial charge in [-0.05, 0) is 24.1 Å². The highest BCUT2D eigenvalue weighted by molar-refractivity contribution is 5.95. The summed E-state index contributed by atoms with van der Waals surface area (Å²) in [6.07, 6.45) is 0.194. The molecule has 0 unspecified atom stereocenters. The van der Waals surface area contributed by atoms with Gasteiger partial charge in [0.05, 0.1) is 31.1 Å². The van der Waals surface area contributed by atoms with Gasteiger partial charge in [-0.3, -0.25) is 4.90 Å². The number of nitrogens with two attached hydrogens (primary N) is 2. The van der Waals surface area contributed by atoms with Crippen LogP contribution in [0, 0.1) is 24.4 Å². The number of benzene rings is 2. The lowest BCUT2D eigenvalue weighted by atomic mass is 10.1. The number of fused-ring (bicyclic) bond motifs is 1. The molecule has 0 aliphatic heterocycles. The Bertz CT molecular complexity index is 1730. The van der Waals surface area contributed by atoms with Crippen molar-refractivity contribution < 1.29 is 22.7 Å². The predicted octanol–water partition coefficient (Wildman–Crippen LogP) is 4.46. The number of aromatic nitrogens is 5. The summed E-state index contributed by atoms with van der Waals surface area (Å²) in [5.41, 5.74) is 14.1. The molecule has 0 radical (unpaired) electrons. The maximum Gasteiger partial charge on any atom is 0.414 e. The highest BCUT2D eigenvalue weighted by Crippen LogP contribution is 2.32. The average Bonchev–Trinajstić information content (AvgIpc) is 3.28. The van der Waals surface area contributed by atoms with E-state index in [-0.39, 0.29) is 47.3 Å². The summed E-state index contributed by atoms with van der Waals surface area (Å²) in [6.45, 7) is 1.32. The number of aryl methyl sites for hydroxylation is 1. The van der Waals surface area contributed by atoms with E-state index < -0.39 is 23.5 Å². The van der Waals surface area contributed by atoms with Crippen molar-refractivity contribution in [2.45, 2.75) is 19.9 Å². The Kier molecular flexibility index (Phi) is 6.94. The summed E-state index contributed by atoms with van der Waals surface area (Å²) in [7, 11) is 1.15. The Hall–Kier alpha value is -5.20. The van der Waals surface area contributed by atoms with Crippen LogP contribution in [-0.2, 0) is 17.7 Å². The van der Waals surface area contributed by atoms with Gasteiger partial charge in [0, 0.05) is 18.1 Å². The van der Waals surface area contributed by atoms with Gasteiger partial charge in [0.25, 0.3) is 5.95 Å². The second kappa shape index (κ2) is 10.5. The third-order valence-electron chi connectivity index (χ3n) is 6.25. The van der Waals surface area contributed by atoms with Gasteiger partial charge >= 0.3 is 6.09 Å². The second-order valence-electron chi connectivity index (χ2n) is 8.89. The number of nitrogens with zero attached hydrogens (tertiary/aromatic N) is 6. The van der Waals surface area contributed by atoms with Crippen LogP contribution in [0.1, 0.15) is 22.4 Å². The maximum atomic E-state index is 14.8. The number of carbonyl (C=O) groups is 1. The first kappa shape index (κ1) is 26.4. The van der Waals surface area contributed by atoms with E-state index in [9.17, 15) is 18.0 Å². The van der Waals surface area contributed by atoms with Crippen LogP contribution in [0.5, 0.6) is 0 Å². The Morgan fingerprint density at radius 3 is 2.42 bits per heavy atom. The van der Waals surface area contributed by atoms with Crippen LogP contribution in [0.3, 0.4) is 0 Å². The summed E-state index contributed by atoms with van der Waals surface area (Å²) < 4.78 is 49.4. The maximum absolute atomic E-state index is 14.8. The van der Waals surface area contributed by atoms with E-state index in [0.29, 0.717) is 22.3 Å². The molecule has 40 heavy (non-hydrogen) atoms. The first-order valence-corrected chi connectivity index (χ1v) is 12.0. The van der Waals surface area contributed by atoms with Crippen LogP contribution in [0.15, 0.2) is 54.7 Å². The molecule has 4 N–H and O–H groups in total. The topological polar surface area (TPSA) is 138 Å². The van der Waals surface area contributed by atoms with Gasteiger partial charge in [0.15, 0.2) is 11.6 Å². The number of halogens is 3. The van der Waals surface area contributed by atoms with Crippen molar-refractivity contribution in [3.8, 4) is 5.95 Å². The van der Waals surface area contributed by atoms with E-state index in [0.717, 1.165) is 18.2 Å². The summed E-state index contributed by atoms with van der Waals surface area (Å²) in [5.74, 6) is -2.24. The summed E-state index contributed by atoms with van der Waals surface area (Å²) in [6, 6.07) is 12.1. The number of hydrogen-bond acceptors (Lipinski definition) is 8. The minimum absolute atomic E-state index is 0.0516. The molecule has 0 fully saturated rings. The molecule has 10 nitrogen and oxygen atoms in total. The minimum Gasteiger partial charge on any atom is -0.452 e. The van der Waals surface area contributed by atoms with Crippen molar-refractivity contribution in [1.82, 2.24) is 24.7 Å². The second-order valence-corrected chi connectivity index (χ2v) is 8.89. The average molecular weight is 549 g/mol. The molecule has 1 amide bonds. The molecule has 5 rings (SSSR count). The Morgan fingerprint density at radius 2 is 1.73 bits per heavy atom. The van der Waals surface area contributed by atoms with Crippen LogP contribution in [0.25, 0.3) is 17.0 Å². The van der Waals surface area contributed by atoms with Gasteiger partial charge in [0.2, 0.25) is 0 Å². The number of hydrogen-bond donors (Lipinski definition) is 2. The van der Waals surface area contributed by atoms with E-state index in [1.807, 2.05) is 0 Å². The molecule has 204 valence electrons. The van der Waals surface area contributed by atoms with Gasteiger partial charge in [-0.25, -0.2) is 22.9 Å². The zero-order chi connectivity index (χ0) is 28.6. The minimum atomic E-state index is -0.876. The van der Waals surface area contributed by atoms with Gasteiger partial charge < -0.3 is 16.2 Å². The number of carbonyl (C=O) groups excluding carboxylic acids is 1. The summed E-state index contributed by atoms with van der Waals surface area (Å²) in [5, 5.41) is 4.46. The third-order valence-corrected chi connectivity index (χ3v) is 6.25. The van der Waals surface area contributed by atoms with Crippen molar-refractivity contribution in [2.24, 2.45) is 0 Å². The van der Waals surface area contributed by atoms with E-state index >= 15 is 0 Å². The molecule has 0 bridgehead atoms. The molecule has 0 spiro atoms. The van der Waals surface area contributed by atoms with Crippen LogP contribution >= 0.6 is 0 Å². The number of rotatable bonds is 6. The Balaban J connectivity index is 1.60. The van der Waals surface area contributed by atoms with Gasteiger partial charge in [-0.2, -0.15) is 19.7 Å². The van der Waals surface area contributed by atoms with Crippen molar-refractivity contribution in [3.05, 3.63) is 94.6 Å². The molecule has 0 saturated carbocycles. The highest BCUT2D eigenvalue weighted by Gasteiger charge is 2.27. The van der Waals surface area contributed by atoms with Crippen molar-refractivity contribution in [1.29, 1.82) is 0 Å². The largest absolute Gasteiger partial charge is 0.452 e. The SMILES string of the molecule is COC(=O)N(Cc1cccc(C)c1F)c1c(N)nc(-n2nc(Cc3ccccc3F)c3ncc(F)cc32)nc1N. The number of methoxy groups -OCH3 is 1. The van der Waals surface area contributed by atoms with E-state index in [1.54, 1.807) is 37.3 Å². The van der Waals surface area contributed by atoms with Crippen LogP contribution in [0.4, 0.5) is 35.3 Å². The molecular formula is C27H23F3N8O2. The summed E-state index contributed by atoms with van der Waals surface area (Å²) >= 11 is 0. The van der Waals surface area contributed by atoms with E-state index in [4.69, 9.17) is 16.2 Å². The van der Waals surface area contributed by atoms with Crippen LogP contribution in [0.2, 0.25) is 0 Å². The predicted molar refractivity (Wildman–Crippen MR) is 142 cm³/mol. The molecule has 0 saturated heterocycles. The molecule has 0 aliphatic carbocycles. The normalized spacial score (nSPS) is 11.1. The molecular weight excluding hydrogens is 525 g/mol. The lowest BCUT2D eigenvalue weighted by Gasteiger charge is -2.24. The van der Waals surface area contributed by atoms with Gasteiger partial charge in [-0.1, -0.05) is 36.4 Å². The zero-order valence-corrected chi connectivity index (χ0v) is 21.4. The number of nitrogen functional groups attached to an aromatic ring is 2. The van der Waals surface area contributed by atoms with Crippen LogP contribution in [-0.4, -0.2) is 37.9 Å². The fourth-order valence-electron chi connectivity index (χ4n) is 4.32. The van der Waals surface area contributed by atoms with E-state index in [1.165, 1.54) is 22.9 Å². The molecule has 13 heteroatoms. The third kappa shape index (κ3) is 4.84. The van der Waals surface area contributed by atoms with Crippen molar-refractivity contribution in [3.63, 3.8) is 0 Å². The van der Waals surface area contributed by atoms with Crippen LogP contribution < -0.4 is 16.4 Å². The molecule has 2 aromatic carbocycles. The molecule has 5 aromatic rings. The van der Waals surface area contributed by atoms with Crippen molar-refractivity contribution >= 4 is 34.4 Å². The summed E-state index contributed by atoms with van der Waals surface area (Å²) in [4.78, 5) is 26.4. The van der Waals surface area contributed by atoms with Gasteiger partial charge in [-0.15, -0.1) is 0 Å². The zero-order valence-electron chi connectivity index (χ0n) is 21.4. The number of amides is 1. The molecule has 3 aromatic heterocycles. The fourth-order valence-corrected chi connectivity index (χ4v) is 4.32. The molecule has 0 aliphatic rings. The fraction of sp³-hybridized carbons (Fsp3) is 0.148. The first-order valence-electron chi connectivity index (χ1n) is 12.0. The van der Waals surface area contributed by atoms with Gasteiger partial charge in [0.1, 0.15) is 28.7 Å². The standard InChI is InChI=1S/C27H23F3N8O2/c1-14-6-5-8-16(21(14)30)13-37(27(39)40-2)23-24(31)34-26(35-25(23)32)38-20-11-17(28)12-33-22(20)19(36-38)10-15-7-3-4-9-18(15)29/h3-9,11-12H,10,13H2,1-2H3,(H4,31,32,34,35). The monoisotopic (exact) mass is 548 g/mol. The Morgan fingerprint density at radius 1 is 1.02 bits per heavy atom. The van der Waals surface area contributed by atoms with Crippen molar-refractivity contribution in [2.75, 3.05) is 23.5 Å². The number of pyridine rings is 1. The number of ether oxygens (including phenoxy) is 1. The molecule has 3 heterocycles. The lowest BCUT2D eigenvalue weighted by molar-refractivity contribution is 0.178. The van der Waals surface area contributed by atoms with E-state index in [2.05, 4.69) is 20.1 Å². The molecule has 0 atom stereocenters.